The number of allylic oxidation sites excluding steroid dienone is 1. The molecule has 2 aromatic carbocycles. The summed E-state index contributed by atoms with van der Waals surface area (Å²) in [6.07, 6.45) is 3.86. The quantitative estimate of drug-likeness (QED) is 0.765. The largest absolute Gasteiger partial charge is 0.463 e. The molecule has 0 saturated heterocycles. The highest BCUT2D eigenvalue weighted by Crippen LogP contribution is 2.31. The van der Waals surface area contributed by atoms with Crippen molar-refractivity contribution in [2.24, 2.45) is 0 Å². The van der Waals surface area contributed by atoms with Crippen LogP contribution < -0.4 is 5.32 Å². The molecule has 0 bridgehead atoms. The summed E-state index contributed by atoms with van der Waals surface area (Å²) in [7, 11) is 0. The lowest BCUT2D eigenvalue weighted by Gasteiger charge is -2.34. The van der Waals surface area contributed by atoms with Crippen LogP contribution in [0.4, 0.5) is 4.79 Å². The van der Waals surface area contributed by atoms with Gasteiger partial charge in [-0.15, -0.1) is 0 Å². The van der Waals surface area contributed by atoms with Gasteiger partial charge >= 0.3 is 12.0 Å². The first-order valence-electron chi connectivity index (χ1n) is 9.34. The smallest absolute Gasteiger partial charge is 0.338 e. The van der Waals surface area contributed by atoms with Gasteiger partial charge in [0.2, 0.25) is 0 Å². The van der Waals surface area contributed by atoms with Crippen LogP contribution in [0.15, 0.2) is 78.0 Å². The zero-order chi connectivity index (χ0) is 19.9. The number of hydrogen-bond acceptors (Lipinski definition) is 3. The van der Waals surface area contributed by atoms with Gasteiger partial charge < -0.3 is 10.1 Å². The Morgan fingerprint density at radius 3 is 2.39 bits per heavy atom. The number of urea groups is 1. The third kappa shape index (κ3) is 4.31. The minimum atomic E-state index is -0.526. The second-order valence-corrected chi connectivity index (χ2v) is 6.44. The summed E-state index contributed by atoms with van der Waals surface area (Å²) in [6, 6.07) is 18.5. The maximum absolute atomic E-state index is 12.8. The third-order valence-electron chi connectivity index (χ3n) is 4.62. The summed E-state index contributed by atoms with van der Waals surface area (Å²) in [5.74, 6) is -0.411. The lowest BCUT2D eigenvalue weighted by atomic mass is 9.95. The number of hydrogen-bond donors (Lipinski definition) is 1. The molecule has 2 amide bonds. The lowest BCUT2D eigenvalue weighted by molar-refractivity contribution is -0.139. The molecule has 28 heavy (non-hydrogen) atoms. The van der Waals surface area contributed by atoms with Crippen molar-refractivity contribution in [3.05, 3.63) is 89.1 Å². The topological polar surface area (TPSA) is 58.6 Å². The third-order valence-corrected chi connectivity index (χ3v) is 4.62. The van der Waals surface area contributed by atoms with E-state index in [1.54, 1.807) is 18.7 Å². The van der Waals surface area contributed by atoms with Crippen molar-refractivity contribution < 1.29 is 14.3 Å². The molecule has 0 radical (unpaired) electrons. The Morgan fingerprint density at radius 2 is 1.75 bits per heavy atom. The van der Waals surface area contributed by atoms with Crippen molar-refractivity contribution >= 4 is 18.1 Å². The molecule has 0 aliphatic carbocycles. The molecule has 1 atom stereocenters. The van der Waals surface area contributed by atoms with Crippen LogP contribution in [0.1, 0.15) is 31.0 Å². The number of esters is 1. The molecule has 1 N–H and O–H groups in total. The van der Waals surface area contributed by atoms with E-state index in [0.717, 1.165) is 11.1 Å². The number of amides is 2. The fraction of sp³-hybridized carbons (Fsp3) is 0.217. The Labute approximate surface area is 165 Å². The number of carbonyl (C=O) groups excluding carboxylic acids is 2. The predicted molar refractivity (Wildman–Crippen MR) is 109 cm³/mol. The average Bonchev–Trinajstić information content (AvgIpc) is 2.71. The zero-order valence-corrected chi connectivity index (χ0v) is 16.1. The van der Waals surface area contributed by atoms with Gasteiger partial charge in [-0.25, -0.2) is 9.59 Å². The zero-order valence-electron chi connectivity index (χ0n) is 16.1. The van der Waals surface area contributed by atoms with E-state index in [1.165, 1.54) is 0 Å². The SMILES string of the molecule is CCOC(=O)C1=C(C)N(C/C=C/c2ccccc2)C(=O)NC1c1ccccc1. The van der Waals surface area contributed by atoms with Crippen molar-refractivity contribution in [1.29, 1.82) is 0 Å². The normalized spacial score (nSPS) is 17.0. The predicted octanol–water partition coefficient (Wildman–Crippen LogP) is 4.30. The van der Waals surface area contributed by atoms with Crippen LogP contribution in [0.25, 0.3) is 6.08 Å². The van der Waals surface area contributed by atoms with E-state index >= 15 is 0 Å². The van der Waals surface area contributed by atoms with E-state index in [2.05, 4.69) is 5.32 Å². The molecule has 0 spiro atoms. The van der Waals surface area contributed by atoms with E-state index in [9.17, 15) is 9.59 Å². The molecule has 5 heteroatoms. The van der Waals surface area contributed by atoms with Gasteiger partial charge in [-0.1, -0.05) is 72.8 Å². The van der Waals surface area contributed by atoms with Crippen LogP contribution in [0, 0.1) is 0 Å². The van der Waals surface area contributed by atoms with Gasteiger partial charge in [-0.05, 0) is 25.0 Å². The van der Waals surface area contributed by atoms with Crippen molar-refractivity contribution in [3.63, 3.8) is 0 Å². The first kappa shape index (κ1) is 19.4. The maximum atomic E-state index is 12.8. The number of benzene rings is 2. The Hall–Kier alpha value is -3.34. The van der Waals surface area contributed by atoms with Crippen molar-refractivity contribution in [2.75, 3.05) is 13.2 Å². The van der Waals surface area contributed by atoms with Gasteiger partial charge in [0.05, 0.1) is 18.2 Å². The van der Waals surface area contributed by atoms with Gasteiger partial charge in [0, 0.05) is 12.2 Å². The number of nitrogens with one attached hydrogen (secondary N) is 1. The summed E-state index contributed by atoms with van der Waals surface area (Å²) in [4.78, 5) is 27.0. The summed E-state index contributed by atoms with van der Waals surface area (Å²) in [6.45, 7) is 4.19. The minimum Gasteiger partial charge on any atom is -0.463 e. The van der Waals surface area contributed by atoms with Crippen LogP contribution in [0.5, 0.6) is 0 Å². The molecule has 1 unspecified atom stereocenters. The van der Waals surface area contributed by atoms with E-state index < -0.39 is 12.0 Å². The summed E-state index contributed by atoms with van der Waals surface area (Å²) in [5.41, 5.74) is 2.96. The number of ether oxygens (including phenoxy) is 1. The summed E-state index contributed by atoms with van der Waals surface area (Å²) in [5, 5.41) is 2.95. The Morgan fingerprint density at radius 1 is 1.11 bits per heavy atom. The van der Waals surface area contributed by atoms with E-state index in [4.69, 9.17) is 4.74 Å². The first-order chi connectivity index (χ1) is 13.6. The fourth-order valence-corrected chi connectivity index (χ4v) is 3.23. The molecule has 144 valence electrons. The second kappa shape index (κ2) is 9.04. The summed E-state index contributed by atoms with van der Waals surface area (Å²) >= 11 is 0. The molecule has 1 aliphatic rings. The monoisotopic (exact) mass is 376 g/mol. The van der Waals surface area contributed by atoms with Crippen LogP contribution in [-0.4, -0.2) is 30.1 Å². The van der Waals surface area contributed by atoms with Crippen molar-refractivity contribution in [2.45, 2.75) is 19.9 Å². The molecule has 0 fully saturated rings. The Bertz CT molecular complexity index is 889. The van der Waals surface area contributed by atoms with Crippen molar-refractivity contribution in [3.8, 4) is 0 Å². The fourth-order valence-electron chi connectivity index (χ4n) is 3.23. The second-order valence-electron chi connectivity index (χ2n) is 6.44. The first-order valence-corrected chi connectivity index (χ1v) is 9.34. The van der Waals surface area contributed by atoms with Gasteiger partial charge in [0.25, 0.3) is 0 Å². The van der Waals surface area contributed by atoms with Crippen molar-refractivity contribution in [1.82, 2.24) is 10.2 Å². The van der Waals surface area contributed by atoms with Gasteiger partial charge in [0.15, 0.2) is 0 Å². The van der Waals surface area contributed by atoms with Gasteiger partial charge in [-0.3, -0.25) is 4.90 Å². The number of nitrogens with zero attached hydrogens (tertiary/aromatic N) is 1. The lowest BCUT2D eigenvalue weighted by Crippen LogP contribution is -2.48. The van der Waals surface area contributed by atoms with E-state index in [1.807, 2.05) is 72.8 Å². The molecule has 0 saturated carbocycles. The van der Waals surface area contributed by atoms with Crippen LogP contribution in [0.3, 0.4) is 0 Å². The van der Waals surface area contributed by atoms with E-state index in [-0.39, 0.29) is 12.6 Å². The molecule has 5 nitrogen and oxygen atoms in total. The maximum Gasteiger partial charge on any atom is 0.338 e. The molecule has 2 aromatic rings. The van der Waals surface area contributed by atoms with Crippen LogP contribution in [0.2, 0.25) is 0 Å². The highest BCUT2D eigenvalue weighted by molar-refractivity contribution is 5.95. The van der Waals surface area contributed by atoms with Gasteiger partial charge in [-0.2, -0.15) is 0 Å². The standard InChI is InChI=1S/C23H24N2O3/c1-3-28-22(26)20-17(2)25(16-10-13-18-11-6-4-7-12-18)23(27)24-21(20)19-14-8-5-9-15-19/h4-15,21H,3,16H2,1-2H3,(H,24,27)/b13-10+. The molecule has 3 rings (SSSR count). The highest BCUT2D eigenvalue weighted by atomic mass is 16.5. The molecular formula is C23H24N2O3. The van der Waals surface area contributed by atoms with E-state index in [0.29, 0.717) is 17.8 Å². The molecular weight excluding hydrogens is 352 g/mol. The Kier molecular flexibility index (Phi) is 6.27. The molecule has 0 aromatic heterocycles. The average molecular weight is 376 g/mol. The number of carbonyl (C=O) groups is 2. The minimum absolute atomic E-state index is 0.239. The molecule has 1 heterocycles. The van der Waals surface area contributed by atoms with Gasteiger partial charge in [0.1, 0.15) is 0 Å². The van der Waals surface area contributed by atoms with Crippen LogP contribution in [-0.2, 0) is 9.53 Å². The number of rotatable bonds is 6. The molecule has 1 aliphatic heterocycles. The van der Waals surface area contributed by atoms with Crippen LogP contribution >= 0.6 is 0 Å². The highest BCUT2D eigenvalue weighted by Gasteiger charge is 2.35. The Balaban J connectivity index is 1.91. The summed E-state index contributed by atoms with van der Waals surface area (Å²) < 4.78 is 5.27.